The van der Waals surface area contributed by atoms with Gasteiger partial charge in [0.05, 0.1) is 15.7 Å². The van der Waals surface area contributed by atoms with Crippen molar-refractivity contribution in [3.63, 3.8) is 0 Å². The number of H-pyrrole nitrogens is 1. The van der Waals surface area contributed by atoms with Crippen molar-refractivity contribution in [3.05, 3.63) is 78.9 Å². The number of nitrogens with one attached hydrogen (secondary N) is 2. The Morgan fingerprint density at radius 2 is 1.76 bits per heavy atom. The number of urea groups is 1. The molecule has 2 aromatic heterocycles. The zero-order chi connectivity index (χ0) is 29.4. The highest BCUT2D eigenvalue weighted by atomic mass is 35.5. The molecule has 2 N–H and O–H groups in total. The Labute approximate surface area is 253 Å². The van der Waals surface area contributed by atoms with Crippen LogP contribution in [0.3, 0.4) is 0 Å². The lowest BCUT2D eigenvalue weighted by atomic mass is 10.0. The van der Waals surface area contributed by atoms with Crippen LogP contribution in [0, 0.1) is 0 Å². The average molecular weight is 617 g/mol. The SMILES string of the molecule is CNC(=O)N(c1ccc(Cc2nc3c(c(C(C)C)nn3-c3c(Cl)cc(Cl)cc3Cl)c(=O)[nH]2)cc1)C1CCN(C)CC1. The van der Waals surface area contributed by atoms with Crippen molar-refractivity contribution in [3.8, 4) is 5.69 Å². The van der Waals surface area contributed by atoms with E-state index in [-0.39, 0.29) is 23.6 Å². The van der Waals surface area contributed by atoms with Gasteiger partial charge in [-0.1, -0.05) is 60.8 Å². The molecule has 12 heteroatoms. The van der Waals surface area contributed by atoms with Gasteiger partial charge >= 0.3 is 6.03 Å². The van der Waals surface area contributed by atoms with Gasteiger partial charge in [-0.3, -0.25) is 9.69 Å². The van der Waals surface area contributed by atoms with Gasteiger partial charge in [0, 0.05) is 30.2 Å². The highest BCUT2D eigenvalue weighted by Crippen LogP contribution is 2.35. The third kappa shape index (κ3) is 5.95. The minimum Gasteiger partial charge on any atom is -0.341 e. The molecule has 1 fully saturated rings. The van der Waals surface area contributed by atoms with Crippen molar-refractivity contribution in [2.24, 2.45) is 0 Å². The number of halogens is 3. The van der Waals surface area contributed by atoms with E-state index in [0.29, 0.717) is 49.7 Å². The van der Waals surface area contributed by atoms with E-state index in [1.807, 2.05) is 43.0 Å². The van der Waals surface area contributed by atoms with Crippen LogP contribution in [-0.2, 0) is 6.42 Å². The Morgan fingerprint density at radius 1 is 1.12 bits per heavy atom. The van der Waals surface area contributed by atoms with Crippen LogP contribution in [0.1, 0.15) is 49.7 Å². The molecule has 3 heterocycles. The van der Waals surface area contributed by atoms with Crippen LogP contribution in [0.15, 0.2) is 41.2 Å². The Bertz CT molecular complexity index is 1620. The summed E-state index contributed by atoms with van der Waals surface area (Å²) in [6, 6.07) is 10.9. The normalized spacial score (nSPS) is 14.6. The molecule has 5 rings (SSSR count). The number of anilines is 1. The number of hydrogen-bond donors (Lipinski definition) is 2. The highest BCUT2D eigenvalue weighted by molar-refractivity contribution is 6.40. The number of fused-ring (bicyclic) bond motifs is 1. The fourth-order valence-corrected chi connectivity index (χ4v) is 6.29. The van der Waals surface area contributed by atoms with Crippen molar-refractivity contribution >= 4 is 57.6 Å². The van der Waals surface area contributed by atoms with Gasteiger partial charge in [0.15, 0.2) is 5.65 Å². The molecule has 0 aliphatic carbocycles. The zero-order valence-electron chi connectivity index (χ0n) is 23.3. The highest BCUT2D eigenvalue weighted by Gasteiger charge is 2.28. The van der Waals surface area contributed by atoms with Crippen molar-refractivity contribution < 1.29 is 4.79 Å². The Balaban J connectivity index is 1.50. The molecule has 2 amide bonds. The maximum atomic E-state index is 13.3. The molecule has 4 aromatic rings. The molecule has 41 heavy (non-hydrogen) atoms. The molecule has 216 valence electrons. The summed E-state index contributed by atoms with van der Waals surface area (Å²) in [4.78, 5) is 38.0. The van der Waals surface area contributed by atoms with E-state index in [2.05, 4.69) is 22.2 Å². The molecular weight excluding hydrogens is 585 g/mol. The fraction of sp³-hybridized carbons (Fsp3) is 0.379. The van der Waals surface area contributed by atoms with Crippen LogP contribution >= 0.6 is 34.8 Å². The third-order valence-electron chi connectivity index (χ3n) is 7.43. The molecule has 0 spiro atoms. The lowest BCUT2D eigenvalue weighted by Crippen LogP contribution is -2.49. The second-order valence-corrected chi connectivity index (χ2v) is 11.9. The average Bonchev–Trinajstić information content (AvgIpc) is 3.30. The number of benzene rings is 2. The summed E-state index contributed by atoms with van der Waals surface area (Å²) in [6.45, 7) is 5.80. The summed E-state index contributed by atoms with van der Waals surface area (Å²) in [5.74, 6) is 0.420. The van der Waals surface area contributed by atoms with Gasteiger partial charge in [0.2, 0.25) is 0 Å². The van der Waals surface area contributed by atoms with E-state index in [9.17, 15) is 9.59 Å². The number of hydrogen-bond acceptors (Lipinski definition) is 5. The number of nitrogens with zero attached hydrogens (tertiary/aromatic N) is 5. The second-order valence-electron chi connectivity index (χ2n) is 10.7. The predicted molar refractivity (Wildman–Crippen MR) is 165 cm³/mol. The quantitative estimate of drug-likeness (QED) is 0.276. The van der Waals surface area contributed by atoms with Crippen LogP contribution in [0.4, 0.5) is 10.5 Å². The van der Waals surface area contributed by atoms with Crippen LogP contribution in [0.2, 0.25) is 15.1 Å². The van der Waals surface area contributed by atoms with Gasteiger partial charge in [-0.15, -0.1) is 0 Å². The number of carbonyl (C=O) groups excluding carboxylic acids is 1. The minimum atomic E-state index is -0.286. The Kier molecular flexibility index (Phi) is 8.61. The van der Waals surface area contributed by atoms with Crippen molar-refractivity contribution in [1.82, 2.24) is 30.0 Å². The summed E-state index contributed by atoms with van der Waals surface area (Å²) in [5.41, 5.74) is 2.83. The monoisotopic (exact) mass is 615 g/mol. The van der Waals surface area contributed by atoms with Gasteiger partial charge < -0.3 is 15.2 Å². The molecule has 0 saturated carbocycles. The number of likely N-dealkylation sites (tertiary alicyclic amines) is 1. The van der Waals surface area contributed by atoms with Crippen LogP contribution in [0.5, 0.6) is 0 Å². The van der Waals surface area contributed by atoms with Crippen molar-refractivity contribution in [2.75, 3.05) is 32.1 Å². The number of rotatable bonds is 6. The van der Waals surface area contributed by atoms with Crippen LogP contribution < -0.4 is 15.8 Å². The summed E-state index contributed by atoms with van der Waals surface area (Å²) >= 11 is 19.2. The number of piperidine rings is 1. The summed E-state index contributed by atoms with van der Waals surface area (Å²) < 4.78 is 1.52. The predicted octanol–water partition coefficient (Wildman–Crippen LogP) is 6.02. The summed E-state index contributed by atoms with van der Waals surface area (Å²) in [5, 5.41) is 8.86. The van der Waals surface area contributed by atoms with Crippen LogP contribution in [0.25, 0.3) is 16.7 Å². The van der Waals surface area contributed by atoms with E-state index < -0.39 is 0 Å². The maximum absolute atomic E-state index is 13.3. The number of carbonyl (C=O) groups is 1. The van der Waals surface area contributed by atoms with E-state index in [4.69, 9.17) is 44.9 Å². The number of aromatic amines is 1. The first kappa shape index (κ1) is 29.4. The molecule has 0 radical (unpaired) electrons. The van der Waals surface area contributed by atoms with E-state index >= 15 is 0 Å². The number of amides is 2. The molecule has 1 aliphatic rings. The molecule has 0 bridgehead atoms. The lowest BCUT2D eigenvalue weighted by molar-refractivity contribution is 0.228. The first-order valence-electron chi connectivity index (χ1n) is 13.5. The fourth-order valence-electron chi connectivity index (χ4n) is 5.31. The summed E-state index contributed by atoms with van der Waals surface area (Å²) in [7, 11) is 3.75. The number of aromatic nitrogens is 4. The Morgan fingerprint density at radius 3 is 2.34 bits per heavy atom. The molecule has 0 unspecified atom stereocenters. The largest absolute Gasteiger partial charge is 0.341 e. The third-order valence-corrected chi connectivity index (χ3v) is 8.22. The van der Waals surface area contributed by atoms with Crippen molar-refractivity contribution in [2.45, 2.75) is 45.1 Å². The van der Waals surface area contributed by atoms with Gasteiger partial charge in [-0.05, 0) is 68.7 Å². The molecular formula is C29H32Cl3N7O2. The van der Waals surface area contributed by atoms with E-state index in [1.165, 1.54) is 4.68 Å². The standard InChI is InChI=1S/C29H32Cl3N7O2/c1-16(2)25-24-27(39(36-25)26-21(31)14-18(30)15-22(26)32)34-23(35-28(24)40)13-17-5-7-19(8-6-17)38(29(41)33-3)20-9-11-37(4)12-10-20/h5-8,14-16,20H,9-13H2,1-4H3,(H,33,41)(H,34,35,40). The first-order valence-corrected chi connectivity index (χ1v) is 14.7. The topological polar surface area (TPSA) is 99.1 Å². The smallest absolute Gasteiger partial charge is 0.321 e. The molecule has 1 saturated heterocycles. The van der Waals surface area contributed by atoms with E-state index in [0.717, 1.165) is 37.2 Å². The van der Waals surface area contributed by atoms with Crippen LogP contribution in [-0.4, -0.2) is 63.9 Å². The molecule has 0 atom stereocenters. The Hall–Kier alpha value is -3.11. The minimum absolute atomic E-state index is 0.0438. The lowest BCUT2D eigenvalue weighted by Gasteiger charge is -2.37. The van der Waals surface area contributed by atoms with Crippen molar-refractivity contribution in [1.29, 1.82) is 0 Å². The second kappa shape index (κ2) is 12.0. The molecule has 2 aromatic carbocycles. The first-order chi connectivity index (χ1) is 19.6. The van der Waals surface area contributed by atoms with Gasteiger partial charge in [-0.2, -0.15) is 5.10 Å². The molecule has 9 nitrogen and oxygen atoms in total. The summed E-state index contributed by atoms with van der Waals surface area (Å²) in [6.07, 6.45) is 2.18. The maximum Gasteiger partial charge on any atom is 0.321 e. The van der Waals surface area contributed by atoms with Gasteiger partial charge in [0.1, 0.15) is 16.9 Å². The molecule has 1 aliphatic heterocycles. The zero-order valence-corrected chi connectivity index (χ0v) is 25.6. The van der Waals surface area contributed by atoms with Gasteiger partial charge in [-0.25, -0.2) is 14.5 Å². The van der Waals surface area contributed by atoms with E-state index in [1.54, 1.807) is 19.2 Å². The van der Waals surface area contributed by atoms with Gasteiger partial charge in [0.25, 0.3) is 5.56 Å².